The number of sulfonamides is 1. The third-order valence-electron chi connectivity index (χ3n) is 4.36. The maximum absolute atomic E-state index is 12.9. The number of fused-ring (bicyclic) bond motifs is 1. The quantitative estimate of drug-likeness (QED) is 0.736. The minimum Gasteiger partial charge on any atom is -0.455 e. The zero-order valence-corrected chi connectivity index (χ0v) is 15.9. The molecule has 0 spiro atoms. The molecule has 148 valence electrons. The Labute approximate surface area is 162 Å². The lowest BCUT2D eigenvalue weighted by Crippen LogP contribution is -2.39. The average Bonchev–Trinajstić information content (AvgIpc) is 3.00. The number of nitrogens with one attached hydrogen (secondary N) is 1. The van der Waals surface area contributed by atoms with E-state index in [-0.39, 0.29) is 16.8 Å². The number of carbonyl (C=O) groups excluding carboxylic acids is 2. The zero-order valence-electron chi connectivity index (χ0n) is 15.1. The van der Waals surface area contributed by atoms with E-state index in [1.54, 1.807) is 4.90 Å². The maximum Gasteiger partial charge on any atom is 0.321 e. The molecule has 0 saturated heterocycles. The van der Waals surface area contributed by atoms with Crippen molar-refractivity contribution in [2.45, 2.75) is 24.3 Å². The van der Waals surface area contributed by atoms with Crippen molar-refractivity contribution in [1.29, 1.82) is 0 Å². The van der Waals surface area contributed by atoms with Crippen LogP contribution in [0.1, 0.15) is 12.5 Å². The van der Waals surface area contributed by atoms with E-state index in [0.29, 0.717) is 6.42 Å². The predicted molar refractivity (Wildman–Crippen MR) is 99.6 cm³/mol. The van der Waals surface area contributed by atoms with Crippen LogP contribution in [0.4, 0.5) is 10.1 Å². The highest BCUT2D eigenvalue weighted by Gasteiger charge is 2.31. The molecule has 1 atom stereocenters. The highest BCUT2D eigenvalue weighted by molar-refractivity contribution is 7.89. The van der Waals surface area contributed by atoms with Crippen LogP contribution in [0.2, 0.25) is 0 Å². The van der Waals surface area contributed by atoms with Gasteiger partial charge >= 0.3 is 5.97 Å². The van der Waals surface area contributed by atoms with Gasteiger partial charge in [-0.3, -0.25) is 9.59 Å². The second-order valence-electron chi connectivity index (χ2n) is 6.38. The molecular weight excluding hydrogens is 387 g/mol. The van der Waals surface area contributed by atoms with Crippen LogP contribution >= 0.6 is 0 Å². The van der Waals surface area contributed by atoms with Crippen molar-refractivity contribution in [2.75, 3.05) is 18.1 Å². The molecule has 0 fully saturated rings. The molecule has 3 rings (SSSR count). The molecule has 0 radical (unpaired) electrons. The summed E-state index contributed by atoms with van der Waals surface area (Å²) in [6, 6.07) is 11.6. The van der Waals surface area contributed by atoms with E-state index in [1.807, 2.05) is 31.2 Å². The molecule has 2 aromatic rings. The number of hydrogen-bond acceptors (Lipinski definition) is 5. The number of anilines is 1. The molecule has 1 aliphatic heterocycles. The summed E-state index contributed by atoms with van der Waals surface area (Å²) >= 11 is 0. The van der Waals surface area contributed by atoms with E-state index in [9.17, 15) is 22.4 Å². The highest BCUT2D eigenvalue weighted by atomic mass is 32.2. The highest BCUT2D eigenvalue weighted by Crippen LogP contribution is 2.31. The van der Waals surface area contributed by atoms with Crippen molar-refractivity contribution in [3.63, 3.8) is 0 Å². The summed E-state index contributed by atoms with van der Waals surface area (Å²) in [5.41, 5.74) is 1.83. The Morgan fingerprint density at radius 3 is 2.57 bits per heavy atom. The summed E-state index contributed by atoms with van der Waals surface area (Å²) in [6.45, 7) is 0.769. The first-order valence-electron chi connectivity index (χ1n) is 8.59. The lowest BCUT2D eigenvalue weighted by Gasteiger charge is -2.22. The molecule has 2 aromatic carbocycles. The van der Waals surface area contributed by atoms with Crippen LogP contribution in [-0.2, 0) is 30.8 Å². The first-order valence-corrected chi connectivity index (χ1v) is 10.1. The van der Waals surface area contributed by atoms with E-state index in [1.165, 1.54) is 0 Å². The largest absolute Gasteiger partial charge is 0.455 e. The summed E-state index contributed by atoms with van der Waals surface area (Å²) in [5, 5.41) is 0. The predicted octanol–water partition coefficient (Wildman–Crippen LogP) is 1.63. The van der Waals surface area contributed by atoms with Crippen molar-refractivity contribution in [3.05, 3.63) is 59.9 Å². The van der Waals surface area contributed by atoms with Gasteiger partial charge in [0.15, 0.2) is 6.61 Å². The zero-order chi connectivity index (χ0) is 20.3. The van der Waals surface area contributed by atoms with Gasteiger partial charge in [0.2, 0.25) is 10.0 Å². The maximum atomic E-state index is 12.9. The van der Waals surface area contributed by atoms with Crippen LogP contribution in [-0.4, -0.2) is 39.5 Å². The summed E-state index contributed by atoms with van der Waals surface area (Å²) in [6.07, 6.45) is 0.716. The van der Waals surface area contributed by atoms with Gasteiger partial charge in [-0.2, -0.15) is 4.72 Å². The molecule has 1 aliphatic rings. The third kappa shape index (κ3) is 4.37. The Bertz CT molecular complexity index is 992. The minimum atomic E-state index is -3.99. The van der Waals surface area contributed by atoms with Gasteiger partial charge < -0.3 is 9.64 Å². The monoisotopic (exact) mass is 406 g/mol. The molecule has 7 nitrogen and oxygen atoms in total. The molecule has 0 saturated carbocycles. The van der Waals surface area contributed by atoms with E-state index in [2.05, 4.69) is 4.72 Å². The molecule has 9 heteroatoms. The number of rotatable bonds is 6. The molecule has 0 aromatic heterocycles. The topological polar surface area (TPSA) is 92.8 Å². The van der Waals surface area contributed by atoms with Crippen molar-refractivity contribution < 1.29 is 27.1 Å². The van der Waals surface area contributed by atoms with E-state index >= 15 is 0 Å². The Kier molecular flexibility index (Phi) is 5.76. The van der Waals surface area contributed by atoms with E-state index in [4.69, 9.17) is 4.74 Å². The fourth-order valence-electron chi connectivity index (χ4n) is 3.06. The lowest BCUT2D eigenvalue weighted by atomic mass is 10.1. The van der Waals surface area contributed by atoms with Gasteiger partial charge in [0.05, 0.1) is 4.90 Å². The number of esters is 1. The second-order valence-corrected chi connectivity index (χ2v) is 8.15. The van der Waals surface area contributed by atoms with Gasteiger partial charge in [0, 0.05) is 11.7 Å². The van der Waals surface area contributed by atoms with Crippen LogP contribution in [0.5, 0.6) is 0 Å². The lowest BCUT2D eigenvalue weighted by molar-refractivity contribution is -0.146. The van der Waals surface area contributed by atoms with Crippen LogP contribution in [0, 0.1) is 5.82 Å². The number of benzene rings is 2. The van der Waals surface area contributed by atoms with Crippen LogP contribution in [0.25, 0.3) is 0 Å². The smallest absolute Gasteiger partial charge is 0.321 e. The fraction of sp³-hybridized carbons (Fsp3) is 0.263. The summed E-state index contributed by atoms with van der Waals surface area (Å²) in [5.74, 6) is -1.85. The third-order valence-corrected chi connectivity index (χ3v) is 5.78. The molecule has 28 heavy (non-hydrogen) atoms. The van der Waals surface area contributed by atoms with Gasteiger partial charge in [-0.05, 0) is 49.2 Å². The van der Waals surface area contributed by atoms with Gasteiger partial charge in [-0.1, -0.05) is 18.2 Å². The van der Waals surface area contributed by atoms with E-state index < -0.39 is 35.0 Å². The number of amides is 1. The number of ether oxygens (including phenoxy) is 1. The Morgan fingerprint density at radius 1 is 1.18 bits per heavy atom. The van der Waals surface area contributed by atoms with Crippen LogP contribution in [0.3, 0.4) is 0 Å². The summed E-state index contributed by atoms with van der Waals surface area (Å²) in [4.78, 5) is 25.7. The van der Waals surface area contributed by atoms with E-state index in [0.717, 1.165) is 35.5 Å². The SMILES string of the molecule is C[C@@H]1Cc2ccccc2N1C(=O)COC(=O)CNS(=O)(=O)c1ccc(F)cc1. The van der Waals surface area contributed by atoms with Crippen LogP contribution in [0.15, 0.2) is 53.4 Å². The Balaban J connectivity index is 1.53. The minimum absolute atomic E-state index is 0.0550. The average molecular weight is 406 g/mol. The van der Waals surface area contributed by atoms with Crippen molar-refractivity contribution in [2.24, 2.45) is 0 Å². The molecule has 1 heterocycles. The Morgan fingerprint density at radius 2 is 1.86 bits per heavy atom. The van der Waals surface area contributed by atoms with Crippen molar-refractivity contribution in [1.82, 2.24) is 4.72 Å². The number of nitrogens with zero attached hydrogens (tertiary/aromatic N) is 1. The molecule has 1 N–H and O–H groups in total. The van der Waals surface area contributed by atoms with Gasteiger partial charge in [0.25, 0.3) is 5.91 Å². The first-order chi connectivity index (χ1) is 13.3. The first kappa shape index (κ1) is 20.0. The van der Waals surface area contributed by atoms with Crippen molar-refractivity contribution >= 4 is 27.6 Å². The summed E-state index contributed by atoms with van der Waals surface area (Å²) in [7, 11) is -3.99. The number of halogens is 1. The molecule has 1 amide bonds. The molecule has 0 bridgehead atoms. The van der Waals surface area contributed by atoms with Gasteiger partial charge in [0.1, 0.15) is 12.4 Å². The number of carbonyl (C=O) groups is 2. The molecular formula is C19H19FN2O5S. The van der Waals surface area contributed by atoms with Gasteiger partial charge in [-0.25, -0.2) is 12.8 Å². The number of para-hydroxylation sites is 1. The van der Waals surface area contributed by atoms with Crippen LogP contribution < -0.4 is 9.62 Å². The molecule has 0 aliphatic carbocycles. The normalized spacial score (nSPS) is 15.9. The Hall–Kier alpha value is -2.78. The number of hydrogen-bond donors (Lipinski definition) is 1. The standard InChI is InChI=1S/C19H19FN2O5S/c1-13-10-14-4-2-3-5-17(14)22(13)18(23)12-27-19(24)11-21-28(25,26)16-8-6-15(20)7-9-16/h2-9,13,21H,10-12H2,1H3/t13-/m1/s1. The second kappa shape index (κ2) is 8.07. The van der Waals surface area contributed by atoms with Gasteiger partial charge in [-0.15, -0.1) is 0 Å². The van der Waals surface area contributed by atoms with Crippen molar-refractivity contribution in [3.8, 4) is 0 Å². The summed E-state index contributed by atoms with van der Waals surface area (Å²) < 4.78 is 44.0. The fourth-order valence-corrected chi connectivity index (χ4v) is 4.03. The molecule has 0 unspecified atom stereocenters.